The lowest BCUT2D eigenvalue weighted by molar-refractivity contribution is 0.765. The van der Waals surface area contributed by atoms with Crippen LogP contribution in [0.15, 0.2) is 27.8 Å². The summed E-state index contributed by atoms with van der Waals surface area (Å²) in [5, 5.41) is 9.06. The summed E-state index contributed by atoms with van der Waals surface area (Å²) in [7, 11) is 1.97. The number of nitrogen functional groups attached to an aromatic ring is 1. The molecule has 90 valence electrons. The number of benzene rings is 1. The molecule has 0 fully saturated rings. The predicted molar refractivity (Wildman–Crippen MR) is 73.9 cm³/mol. The van der Waals surface area contributed by atoms with Crippen molar-refractivity contribution in [1.29, 1.82) is 0 Å². The fourth-order valence-corrected chi connectivity index (χ4v) is 3.02. The van der Waals surface area contributed by atoms with Crippen LogP contribution in [-0.4, -0.2) is 14.8 Å². The Labute approximate surface area is 113 Å². The van der Waals surface area contributed by atoms with Crippen molar-refractivity contribution in [1.82, 2.24) is 14.8 Å². The van der Waals surface area contributed by atoms with Crippen LogP contribution < -0.4 is 5.73 Å². The summed E-state index contributed by atoms with van der Waals surface area (Å²) >= 11 is 5.17. The molecule has 0 spiro atoms. The molecule has 0 bridgehead atoms. The van der Waals surface area contributed by atoms with Gasteiger partial charge in [-0.05, 0) is 24.6 Å². The number of thioether (sulfide) groups is 1. The molecule has 4 nitrogen and oxygen atoms in total. The minimum atomic E-state index is 0.764. The zero-order valence-corrected chi connectivity index (χ0v) is 12.0. The van der Waals surface area contributed by atoms with Gasteiger partial charge in [-0.25, -0.2) is 0 Å². The molecule has 0 saturated carbocycles. The highest BCUT2D eigenvalue weighted by atomic mass is 79.9. The van der Waals surface area contributed by atoms with Crippen molar-refractivity contribution in [2.45, 2.75) is 17.8 Å². The van der Waals surface area contributed by atoms with Crippen molar-refractivity contribution in [2.24, 2.45) is 7.05 Å². The van der Waals surface area contributed by atoms with Gasteiger partial charge >= 0.3 is 0 Å². The van der Waals surface area contributed by atoms with E-state index < -0.39 is 0 Å². The Balaban J connectivity index is 2.10. The molecule has 1 heterocycles. The van der Waals surface area contributed by atoms with Crippen LogP contribution >= 0.6 is 27.7 Å². The van der Waals surface area contributed by atoms with E-state index in [-0.39, 0.29) is 0 Å². The normalized spacial score (nSPS) is 10.8. The Morgan fingerprint density at radius 2 is 2.18 bits per heavy atom. The zero-order valence-electron chi connectivity index (χ0n) is 9.64. The standard InChI is InChI=1S/C11H13BrN4S/c1-7-14-15-11(16(7)2)17-6-8-3-4-9(13)5-10(8)12/h3-5H,6,13H2,1-2H3. The number of rotatable bonds is 3. The predicted octanol–water partition coefficient (Wildman–Crippen LogP) is 2.76. The molecule has 0 aliphatic heterocycles. The lowest BCUT2D eigenvalue weighted by atomic mass is 10.2. The van der Waals surface area contributed by atoms with Gasteiger partial charge in [-0.15, -0.1) is 10.2 Å². The molecule has 0 aliphatic rings. The fraction of sp³-hybridized carbons (Fsp3) is 0.273. The Morgan fingerprint density at radius 3 is 2.76 bits per heavy atom. The highest BCUT2D eigenvalue weighted by Crippen LogP contribution is 2.27. The van der Waals surface area contributed by atoms with Gasteiger partial charge in [0.25, 0.3) is 0 Å². The van der Waals surface area contributed by atoms with E-state index in [2.05, 4.69) is 26.1 Å². The van der Waals surface area contributed by atoms with Gasteiger partial charge in [-0.1, -0.05) is 33.8 Å². The largest absolute Gasteiger partial charge is 0.399 e. The fourth-order valence-electron chi connectivity index (χ4n) is 1.34. The van der Waals surface area contributed by atoms with Gasteiger partial charge in [0.15, 0.2) is 5.16 Å². The highest BCUT2D eigenvalue weighted by molar-refractivity contribution is 9.10. The van der Waals surface area contributed by atoms with E-state index in [0.29, 0.717) is 0 Å². The van der Waals surface area contributed by atoms with E-state index >= 15 is 0 Å². The average molecular weight is 313 g/mol. The van der Waals surface area contributed by atoms with E-state index in [1.807, 2.05) is 36.7 Å². The van der Waals surface area contributed by atoms with Gasteiger partial charge in [-0.2, -0.15) is 0 Å². The third-order valence-corrected chi connectivity index (χ3v) is 4.29. The summed E-state index contributed by atoms with van der Waals surface area (Å²) < 4.78 is 3.01. The van der Waals surface area contributed by atoms with E-state index in [4.69, 9.17) is 5.73 Å². The number of nitrogens with zero attached hydrogens (tertiary/aromatic N) is 3. The SMILES string of the molecule is Cc1nnc(SCc2ccc(N)cc2Br)n1C. The first-order valence-corrected chi connectivity index (χ1v) is 6.88. The van der Waals surface area contributed by atoms with Crippen LogP contribution in [0.3, 0.4) is 0 Å². The minimum Gasteiger partial charge on any atom is -0.399 e. The van der Waals surface area contributed by atoms with Gasteiger partial charge in [0.2, 0.25) is 0 Å². The number of anilines is 1. The third kappa shape index (κ3) is 2.81. The van der Waals surface area contributed by atoms with Gasteiger partial charge in [-0.3, -0.25) is 0 Å². The zero-order chi connectivity index (χ0) is 12.4. The Kier molecular flexibility index (Phi) is 3.73. The second-order valence-corrected chi connectivity index (χ2v) is 5.53. The molecule has 0 atom stereocenters. The number of nitrogens with two attached hydrogens (primary N) is 1. The van der Waals surface area contributed by atoms with Crippen LogP contribution in [0.4, 0.5) is 5.69 Å². The van der Waals surface area contributed by atoms with Crippen molar-refractivity contribution in [3.63, 3.8) is 0 Å². The van der Waals surface area contributed by atoms with Crippen LogP contribution in [0.5, 0.6) is 0 Å². The summed E-state index contributed by atoms with van der Waals surface area (Å²) in [6.07, 6.45) is 0. The maximum Gasteiger partial charge on any atom is 0.191 e. The molecule has 2 rings (SSSR count). The molecule has 6 heteroatoms. The molecule has 0 saturated heterocycles. The highest BCUT2D eigenvalue weighted by Gasteiger charge is 2.07. The summed E-state index contributed by atoms with van der Waals surface area (Å²) in [4.78, 5) is 0. The molecule has 1 aromatic carbocycles. The summed E-state index contributed by atoms with van der Waals surface area (Å²) in [5.41, 5.74) is 7.66. The first kappa shape index (κ1) is 12.4. The van der Waals surface area contributed by atoms with Gasteiger partial charge in [0.05, 0.1) is 0 Å². The number of hydrogen-bond acceptors (Lipinski definition) is 4. The van der Waals surface area contributed by atoms with Gasteiger partial charge in [0, 0.05) is 23.0 Å². The van der Waals surface area contributed by atoms with Crippen molar-refractivity contribution < 1.29 is 0 Å². The molecule has 0 radical (unpaired) electrons. The molecule has 1 aromatic heterocycles. The molecule has 0 unspecified atom stereocenters. The lowest BCUT2D eigenvalue weighted by Crippen LogP contribution is -1.94. The van der Waals surface area contributed by atoms with Crippen molar-refractivity contribution in [3.05, 3.63) is 34.1 Å². The number of hydrogen-bond donors (Lipinski definition) is 1. The van der Waals surface area contributed by atoms with Crippen molar-refractivity contribution in [3.8, 4) is 0 Å². The second-order valence-electron chi connectivity index (χ2n) is 3.73. The van der Waals surface area contributed by atoms with Crippen LogP contribution in [-0.2, 0) is 12.8 Å². The molecule has 0 aliphatic carbocycles. The molecule has 2 aromatic rings. The van der Waals surface area contributed by atoms with Crippen LogP contribution in [0, 0.1) is 6.92 Å². The molecular weight excluding hydrogens is 300 g/mol. The van der Waals surface area contributed by atoms with Crippen LogP contribution in [0.2, 0.25) is 0 Å². The quantitative estimate of drug-likeness (QED) is 0.699. The summed E-state index contributed by atoms with van der Waals surface area (Å²) in [6.45, 7) is 1.94. The average Bonchev–Trinajstić information content (AvgIpc) is 2.59. The number of halogens is 1. The molecule has 2 N–H and O–H groups in total. The minimum absolute atomic E-state index is 0.764. The van der Waals surface area contributed by atoms with Crippen molar-refractivity contribution >= 4 is 33.4 Å². The lowest BCUT2D eigenvalue weighted by Gasteiger charge is -2.05. The Bertz CT molecular complexity index is 538. The Hall–Kier alpha value is -1.01. The second kappa shape index (κ2) is 5.10. The van der Waals surface area contributed by atoms with Gasteiger partial charge < -0.3 is 10.3 Å². The maximum atomic E-state index is 5.70. The van der Waals surface area contributed by atoms with Crippen LogP contribution in [0.25, 0.3) is 0 Å². The third-order valence-electron chi connectivity index (χ3n) is 2.49. The first-order chi connectivity index (χ1) is 8.08. The molecule has 0 amide bonds. The van der Waals surface area contributed by atoms with E-state index in [9.17, 15) is 0 Å². The number of aryl methyl sites for hydroxylation is 1. The van der Waals surface area contributed by atoms with E-state index in [0.717, 1.165) is 26.9 Å². The van der Waals surface area contributed by atoms with E-state index in [1.54, 1.807) is 11.8 Å². The molecular formula is C11H13BrN4S. The van der Waals surface area contributed by atoms with Crippen molar-refractivity contribution in [2.75, 3.05) is 5.73 Å². The smallest absolute Gasteiger partial charge is 0.191 e. The Morgan fingerprint density at radius 1 is 1.41 bits per heavy atom. The van der Waals surface area contributed by atoms with Gasteiger partial charge in [0.1, 0.15) is 5.82 Å². The first-order valence-electron chi connectivity index (χ1n) is 5.10. The summed E-state index contributed by atoms with van der Waals surface area (Å²) in [5.74, 6) is 1.76. The molecule has 17 heavy (non-hydrogen) atoms. The number of aromatic nitrogens is 3. The maximum absolute atomic E-state index is 5.70. The monoisotopic (exact) mass is 312 g/mol. The topological polar surface area (TPSA) is 56.7 Å². The summed E-state index contributed by atoms with van der Waals surface area (Å²) in [6, 6.07) is 5.84. The van der Waals surface area contributed by atoms with E-state index in [1.165, 1.54) is 5.56 Å². The van der Waals surface area contributed by atoms with Crippen LogP contribution in [0.1, 0.15) is 11.4 Å².